The second-order valence-corrected chi connectivity index (χ2v) is 6.87. The molecule has 0 aliphatic carbocycles. The van der Waals surface area contributed by atoms with Gasteiger partial charge in [0.1, 0.15) is 18.1 Å². The van der Waals surface area contributed by atoms with Crippen molar-refractivity contribution in [2.24, 2.45) is 0 Å². The van der Waals surface area contributed by atoms with E-state index >= 15 is 0 Å². The molecular weight excluding hydrogens is 318 g/mol. The third kappa shape index (κ3) is 5.08. The highest BCUT2D eigenvalue weighted by atomic mass is 32.2. The molecule has 0 aliphatic rings. The van der Waals surface area contributed by atoms with Gasteiger partial charge in [0.25, 0.3) is 0 Å². The molecular formula is C16H17NO5S. The fraction of sp³-hybridized carbons (Fsp3) is 0.188. The highest BCUT2D eigenvalue weighted by Gasteiger charge is 2.07. The van der Waals surface area contributed by atoms with Gasteiger partial charge in [0.05, 0.1) is 4.90 Å². The molecule has 0 radical (unpaired) electrons. The smallest absolute Gasteiger partial charge is 0.250 e. The fourth-order valence-corrected chi connectivity index (χ4v) is 2.46. The number of sulfone groups is 1. The van der Waals surface area contributed by atoms with E-state index in [2.05, 4.69) is 5.32 Å². The van der Waals surface area contributed by atoms with Crippen LogP contribution in [-0.2, 0) is 19.4 Å². The lowest BCUT2D eigenvalue weighted by Crippen LogP contribution is -2.16. The largest absolute Gasteiger partial charge is 0.457 e. The Labute approximate surface area is 135 Å². The number of benzene rings is 2. The van der Waals surface area contributed by atoms with Crippen LogP contribution in [0.5, 0.6) is 11.5 Å². The summed E-state index contributed by atoms with van der Waals surface area (Å²) >= 11 is 0. The van der Waals surface area contributed by atoms with E-state index in [1.54, 1.807) is 36.4 Å². The summed E-state index contributed by atoms with van der Waals surface area (Å²) in [4.78, 5) is 11.6. The van der Waals surface area contributed by atoms with Gasteiger partial charge in [0, 0.05) is 19.1 Å². The summed E-state index contributed by atoms with van der Waals surface area (Å²) in [5, 5.41) is 2.67. The summed E-state index contributed by atoms with van der Waals surface area (Å²) in [6, 6.07) is 13.0. The standard InChI is InChI=1S/C16H17NO5S/c1-21-11-16(18)17-12-3-5-13(6-4-12)22-14-7-9-15(10-8-14)23(2,19)20/h3-10H,11H2,1-2H3,(H,17,18). The minimum Gasteiger partial charge on any atom is -0.457 e. The maximum atomic E-state index is 11.4. The van der Waals surface area contributed by atoms with Crippen molar-refractivity contribution in [3.63, 3.8) is 0 Å². The first kappa shape index (κ1) is 17.0. The number of anilines is 1. The Morgan fingerprint density at radius 3 is 2.00 bits per heavy atom. The monoisotopic (exact) mass is 335 g/mol. The van der Waals surface area contributed by atoms with E-state index in [1.165, 1.54) is 19.2 Å². The first-order valence-electron chi connectivity index (χ1n) is 6.75. The maximum absolute atomic E-state index is 11.4. The Kier molecular flexibility index (Phi) is 5.36. The summed E-state index contributed by atoms with van der Waals surface area (Å²) < 4.78 is 33.1. The van der Waals surface area contributed by atoms with E-state index in [0.717, 1.165) is 6.26 Å². The van der Waals surface area contributed by atoms with Crippen LogP contribution in [0.2, 0.25) is 0 Å². The van der Waals surface area contributed by atoms with Gasteiger partial charge >= 0.3 is 0 Å². The molecule has 0 bridgehead atoms. The van der Waals surface area contributed by atoms with Crippen molar-refractivity contribution in [3.8, 4) is 11.5 Å². The number of ether oxygens (including phenoxy) is 2. The molecule has 2 aromatic carbocycles. The van der Waals surface area contributed by atoms with Crippen LogP contribution in [0.25, 0.3) is 0 Å². The number of nitrogens with one attached hydrogen (secondary N) is 1. The fourth-order valence-electron chi connectivity index (χ4n) is 1.83. The number of hydrogen-bond acceptors (Lipinski definition) is 5. The maximum Gasteiger partial charge on any atom is 0.250 e. The minimum absolute atomic E-state index is 0.00899. The Morgan fingerprint density at radius 2 is 1.52 bits per heavy atom. The third-order valence-electron chi connectivity index (χ3n) is 2.90. The predicted molar refractivity (Wildman–Crippen MR) is 86.6 cm³/mol. The lowest BCUT2D eigenvalue weighted by molar-refractivity contribution is -0.119. The van der Waals surface area contributed by atoms with Crippen LogP contribution in [0.4, 0.5) is 5.69 Å². The van der Waals surface area contributed by atoms with E-state index < -0.39 is 9.84 Å². The first-order valence-corrected chi connectivity index (χ1v) is 8.64. The molecule has 7 heteroatoms. The number of rotatable bonds is 6. The van der Waals surface area contributed by atoms with Crippen LogP contribution in [0.15, 0.2) is 53.4 Å². The molecule has 0 heterocycles. The van der Waals surface area contributed by atoms with Gasteiger partial charge < -0.3 is 14.8 Å². The molecule has 0 spiro atoms. The molecule has 0 saturated heterocycles. The van der Waals surface area contributed by atoms with Crippen molar-refractivity contribution in [2.45, 2.75) is 4.90 Å². The topological polar surface area (TPSA) is 81.7 Å². The van der Waals surface area contributed by atoms with Crippen molar-refractivity contribution in [1.29, 1.82) is 0 Å². The molecule has 0 aliphatic heterocycles. The Bertz CT molecular complexity index is 767. The van der Waals surface area contributed by atoms with Crippen LogP contribution in [0, 0.1) is 0 Å². The molecule has 2 rings (SSSR count). The quantitative estimate of drug-likeness (QED) is 0.877. The van der Waals surface area contributed by atoms with Gasteiger partial charge in [0.15, 0.2) is 9.84 Å². The summed E-state index contributed by atoms with van der Waals surface area (Å²) in [5.41, 5.74) is 0.631. The highest BCUT2D eigenvalue weighted by Crippen LogP contribution is 2.24. The minimum atomic E-state index is -3.22. The van der Waals surface area contributed by atoms with Gasteiger partial charge in [0.2, 0.25) is 5.91 Å². The van der Waals surface area contributed by atoms with Gasteiger partial charge in [-0.1, -0.05) is 0 Å². The van der Waals surface area contributed by atoms with Gasteiger partial charge in [-0.25, -0.2) is 8.42 Å². The second-order valence-electron chi connectivity index (χ2n) is 4.85. The van der Waals surface area contributed by atoms with E-state index in [1.807, 2.05) is 0 Å². The van der Waals surface area contributed by atoms with Crippen LogP contribution in [0.3, 0.4) is 0 Å². The second kappa shape index (κ2) is 7.26. The average molecular weight is 335 g/mol. The molecule has 0 unspecified atom stereocenters. The van der Waals surface area contributed by atoms with Gasteiger partial charge in [-0.05, 0) is 48.5 Å². The summed E-state index contributed by atoms with van der Waals surface area (Å²) in [6.45, 7) is -0.00899. The molecule has 6 nitrogen and oxygen atoms in total. The number of methoxy groups -OCH3 is 1. The zero-order valence-electron chi connectivity index (χ0n) is 12.8. The van der Waals surface area contributed by atoms with Crippen molar-refractivity contribution >= 4 is 21.4 Å². The van der Waals surface area contributed by atoms with Gasteiger partial charge in [-0.3, -0.25) is 4.79 Å². The van der Waals surface area contributed by atoms with Gasteiger partial charge in [-0.15, -0.1) is 0 Å². The number of amides is 1. The van der Waals surface area contributed by atoms with Crippen LogP contribution < -0.4 is 10.1 Å². The SMILES string of the molecule is COCC(=O)Nc1ccc(Oc2ccc(S(C)(=O)=O)cc2)cc1. The Hall–Kier alpha value is -2.38. The molecule has 122 valence electrons. The average Bonchev–Trinajstić information content (AvgIpc) is 2.49. The molecule has 0 aromatic heterocycles. The van der Waals surface area contributed by atoms with Crippen molar-refractivity contribution in [3.05, 3.63) is 48.5 Å². The van der Waals surface area contributed by atoms with Crippen molar-refractivity contribution in [1.82, 2.24) is 0 Å². The van der Waals surface area contributed by atoms with E-state index in [0.29, 0.717) is 17.2 Å². The predicted octanol–water partition coefficient (Wildman–Crippen LogP) is 2.47. The lowest BCUT2D eigenvalue weighted by Gasteiger charge is -2.08. The number of hydrogen-bond donors (Lipinski definition) is 1. The molecule has 0 saturated carbocycles. The Balaban J connectivity index is 2.02. The highest BCUT2D eigenvalue weighted by molar-refractivity contribution is 7.90. The zero-order chi connectivity index (χ0) is 16.9. The van der Waals surface area contributed by atoms with E-state index in [9.17, 15) is 13.2 Å². The van der Waals surface area contributed by atoms with Crippen molar-refractivity contribution < 1.29 is 22.7 Å². The first-order chi connectivity index (χ1) is 10.9. The summed E-state index contributed by atoms with van der Waals surface area (Å²) in [5.74, 6) is 0.855. The van der Waals surface area contributed by atoms with Gasteiger partial charge in [-0.2, -0.15) is 0 Å². The molecule has 0 fully saturated rings. The normalized spacial score (nSPS) is 11.0. The Morgan fingerprint density at radius 1 is 1.00 bits per heavy atom. The molecule has 1 N–H and O–H groups in total. The summed E-state index contributed by atoms with van der Waals surface area (Å²) in [6.07, 6.45) is 1.15. The van der Waals surface area contributed by atoms with Crippen LogP contribution in [-0.4, -0.2) is 34.3 Å². The van der Waals surface area contributed by atoms with Crippen LogP contribution >= 0.6 is 0 Å². The summed E-state index contributed by atoms with van der Waals surface area (Å²) in [7, 11) is -1.77. The lowest BCUT2D eigenvalue weighted by atomic mass is 10.3. The molecule has 1 amide bonds. The molecule has 23 heavy (non-hydrogen) atoms. The number of carbonyl (C=O) groups excluding carboxylic acids is 1. The van der Waals surface area contributed by atoms with E-state index in [4.69, 9.17) is 9.47 Å². The molecule has 2 aromatic rings. The molecule has 0 atom stereocenters. The van der Waals surface area contributed by atoms with E-state index in [-0.39, 0.29) is 17.4 Å². The van der Waals surface area contributed by atoms with Crippen LogP contribution in [0.1, 0.15) is 0 Å². The zero-order valence-corrected chi connectivity index (χ0v) is 13.6. The number of carbonyl (C=O) groups is 1. The third-order valence-corrected chi connectivity index (χ3v) is 4.03. The van der Waals surface area contributed by atoms with Crippen molar-refractivity contribution in [2.75, 3.05) is 25.3 Å².